The van der Waals surface area contributed by atoms with E-state index >= 15 is 0 Å². The summed E-state index contributed by atoms with van der Waals surface area (Å²) in [7, 11) is -3.94. The number of phenolic OH excluding ortho intramolecular Hbond substituents is 2. The number of anilines is 1. The third kappa shape index (κ3) is 5.07. The maximum absolute atomic E-state index is 12.6. The van der Waals surface area contributed by atoms with Crippen molar-refractivity contribution in [1.29, 1.82) is 0 Å². The molecule has 0 atom stereocenters. The first kappa shape index (κ1) is 21.2. The maximum atomic E-state index is 12.6. The number of carbonyl (C=O) groups excluding carboxylic acids is 1. The van der Waals surface area contributed by atoms with Crippen molar-refractivity contribution in [2.75, 3.05) is 4.72 Å². The molecule has 0 saturated carbocycles. The summed E-state index contributed by atoms with van der Waals surface area (Å²) in [5.41, 5.74) is 2.64. The Labute approximate surface area is 177 Å². The summed E-state index contributed by atoms with van der Waals surface area (Å²) >= 11 is 5.79. The molecule has 0 heterocycles. The molecule has 1 amide bonds. The number of phenols is 2. The summed E-state index contributed by atoms with van der Waals surface area (Å²) in [6, 6.07) is 15.5. The second-order valence-corrected chi connectivity index (χ2v) is 8.17. The van der Waals surface area contributed by atoms with Gasteiger partial charge in [0, 0.05) is 16.7 Å². The largest absolute Gasteiger partial charge is 0.508 e. The van der Waals surface area contributed by atoms with Gasteiger partial charge in [-0.05, 0) is 48.5 Å². The van der Waals surface area contributed by atoms with Gasteiger partial charge in [0.2, 0.25) is 0 Å². The van der Waals surface area contributed by atoms with Crippen LogP contribution in [0.25, 0.3) is 0 Å². The van der Waals surface area contributed by atoms with Crippen LogP contribution < -0.4 is 10.1 Å². The molecule has 3 aromatic rings. The highest BCUT2D eigenvalue weighted by Crippen LogP contribution is 2.22. The standard InChI is InChI=1S/C20H16ClN3O5S/c21-14-6-9-16(10-7-14)30(28,29)24-18-4-2-1-3-17(18)20(27)23-22-12-13-5-8-15(25)11-19(13)26/h1-12,24-26H,(H,23,27)/b22-12+. The topological polar surface area (TPSA) is 128 Å². The van der Waals surface area contributed by atoms with E-state index in [1.807, 2.05) is 0 Å². The van der Waals surface area contributed by atoms with Crippen LogP contribution in [0.15, 0.2) is 76.7 Å². The van der Waals surface area contributed by atoms with Crippen molar-refractivity contribution in [2.24, 2.45) is 5.10 Å². The highest BCUT2D eigenvalue weighted by Gasteiger charge is 2.18. The molecule has 0 aliphatic carbocycles. The molecule has 3 rings (SSSR count). The Hall–Kier alpha value is -3.56. The van der Waals surface area contributed by atoms with Crippen LogP contribution in [0.4, 0.5) is 5.69 Å². The predicted molar refractivity (Wildman–Crippen MR) is 114 cm³/mol. The van der Waals surface area contributed by atoms with Crippen LogP contribution in [-0.4, -0.2) is 30.8 Å². The highest BCUT2D eigenvalue weighted by molar-refractivity contribution is 7.92. The fraction of sp³-hybridized carbons (Fsp3) is 0. The molecule has 0 aliphatic rings. The molecule has 0 unspecified atom stereocenters. The summed E-state index contributed by atoms with van der Waals surface area (Å²) in [6.45, 7) is 0. The summed E-state index contributed by atoms with van der Waals surface area (Å²) in [5.74, 6) is -1.00. The van der Waals surface area contributed by atoms with Crippen LogP contribution >= 0.6 is 11.6 Å². The van der Waals surface area contributed by atoms with E-state index in [1.165, 1.54) is 54.7 Å². The van der Waals surface area contributed by atoms with Crippen LogP contribution in [0.5, 0.6) is 11.5 Å². The van der Waals surface area contributed by atoms with Gasteiger partial charge in [0.25, 0.3) is 15.9 Å². The lowest BCUT2D eigenvalue weighted by Crippen LogP contribution is -2.21. The van der Waals surface area contributed by atoms with Gasteiger partial charge in [-0.3, -0.25) is 9.52 Å². The zero-order chi connectivity index (χ0) is 21.7. The van der Waals surface area contributed by atoms with Gasteiger partial charge in [-0.2, -0.15) is 5.10 Å². The van der Waals surface area contributed by atoms with Gasteiger partial charge >= 0.3 is 0 Å². The predicted octanol–water partition coefficient (Wildman–Crippen LogP) is 3.32. The number of sulfonamides is 1. The Morgan fingerprint density at radius 1 is 1.00 bits per heavy atom. The number of nitrogens with one attached hydrogen (secondary N) is 2. The molecule has 0 aromatic heterocycles. The summed E-state index contributed by atoms with van der Waals surface area (Å²) < 4.78 is 27.6. The van der Waals surface area contributed by atoms with Gasteiger partial charge in [0.15, 0.2) is 0 Å². The molecule has 30 heavy (non-hydrogen) atoms. The van der Waals surface area contributed by atoms with Crippen LogP contribution in [0.2, 0.25) is 5.02 Å². The van der Waals surface area contributed by atoms with Crippen LogP contribution in [-0.2, 0) is 10.0 Å². The second-order valence-electron chi connectivity index (χ2n) is 6.05. The zero-order valence-corrected chi connectivity index (χ0v) is 16.9. The number of halogens is 1. The number of hydrazone groups is 1. The molecule has 8 nitrogen and oxygen atoms in total. The first-order chi connectivity index (χ1) is 14.3. The van der Waals surface area contributed by atoms with E-state index in [1.54, 1.807) is 12.1 Å². The monoisotopic (exact) mass is 445 g/mol. The van der Waals surface area contributed by atoms with Crippen molar-refractivity contribution in [3.05, 3.63) is 82.9 Å². The van der Waals surface area contributed by atoms with E-state index < -0.39 is 15.9 Å². The number of hydrogen-bond donors (Lipinski definition) is 4. The molecular formula is C20H16ClN3O5S. The van der Waals surface area contributed by atoms with Crippen LogP contribution in [0, 0.1) is 0 Å². The van der Waals surface area contributed by atoms with Crippen molar-refractivity contribution < 1.29 is 23.4 Å². The maximum Gasteiger partial charge on any atom is 0.273 e. The first-order valence-electron chi connectivity index (χ1n) is 8.49. The molecule has 0 fully saturated rings. The molecule has 0 spiro atoms. The molecule has 0 radical (unpaired) electrons. The summed E-state index contributed by atoms with van der Waals surface area (Å²) in [5, 5.41) is 23.2. The van der Waals surface area contributed by atoms with E-state index in [4.69, 9.17) is 11.6 Å². The van der Waals surface area contributed by atoms with Gasteiger partial charge in [-0.25, -0.2) is 13.8 Å². The smallest absolute Gasteiger partial charge is 0.273 e. The number of aromatic hydroxyl groups is 2. The van der Waals surface area contributed by atoms with E-state index in [0.29, 0.717) is 5.02 Å². The van der Waals surface area contributed by atoms with Gasteiger partial charge in [0.05, 0.1) is 22.4 Å². The average molecular weight is 446 g/mol. The van der Waals surface area contributed by atoms with Gasteiger partial charge in [-0.1, -0.05) is 23.7 Å². The van der Waals surface area contributed by atoms with Crippen molar-refractivity contribution >= 4 is 39.4 Å². The second kappa shape index (κ2) is 8.85. The van der Waals surface area contributed by atoms with Gasteiger partial charge in [0.1, 0.15) is 11.5 Å². The quantitative estimate of drug-likeness (QED) is 0.342. The zero-order valence-electron chi connectivity index (χ0n) is 15.3. The minimum absolute atomic E-state index is 0.0112. The number of rotatable bonds is 6. The minimum Gasteiger partial charge on any atom is -0.508 e. The number of nitrogens with zero attached hydrogens (tertiary/aromatic N) is 1. The molecule has 154 valence electrons. The highest BCUT2D eigenvalue weighted by atomic mass is 35.5. The third-order valence-corrected chi connectivity index (χ3v) is 5.56. The number of para-hydroxylation sites is 1. The molecule has 0 bridgehead atoms. The van der Waals surface area contributed by atoms with Crippen molar-refractivity contribution in [3.63, 3.8) is 0 Å². The Balaban J connectivity index is 1.78. The first-order valence-corrected chi connectivity index (χ1v) is 10.4. The Kier molecular flexibility index (Phi) is 6.24. The van der Waals surface area contributed by atoms with E-state index in [9.17, 15) is 23.4 Å². The number of benzene rings is 3. The lowest BCUT2D eigenvalue weighted by atomic mass is 10.2. The van der Waals surface area contributed by atoms with E-state index in [0.717, 1.165) is 6.07 Å². The van der Waals surface area contributed by atoms with Crippen molar-refractivity contribution in [2.45, 2.75) is 4.90 Å². The number of amides is 1. The van der Waals surface area contributed by atoms with Crippen LogP contribution in [0.3, 0.4) is 0 Å². The molecule has 0 aliphatic heterocycles. The average Bonchev–Trinajstić information content (AvgIpc) is 2.70. The third-order valence-electron chi connectivity index (χ3n) is 3.92. The summed E-state index contributed by atoms with van der Waals surface area (Å²) in [6.07, 6.45) is 1.19. The van der Waals surface area contributed by atoms with Crippen molar-refractivity contribution in [3.8, 4) is 11.5 Å². The van der Waals surface area contributed by atoms with Gasteiger partial charge in [-0.15, -0.1) is 0 Å². The molecule has 4 N–H and O–H groups in total. The lowest BCUT2D eigenvalue weighted by molar-refractivity contribution is 0.0956. The Morgan fingerprint density at radius 2 is 1.70 bits per heavy atom. The molecule has 10 heteroatoms. The fourth-order valence-corrected chi connectivity index (χ4v) is 3.66. The fourth-order valence-electron chi connectivity index (χ4n) is 2.45. The van der Waals surface area contributed by atoms with E-state index in [2.05, 4.69) is 15.2 Å². The normalized spacial score (nSPS) is 11.4. The Morgan fingerprint density at radius 3 is 2.40 bits per heavy atom. The molecule has 3 aromatic carbocycles. The van der Waals surface area contributed by atoms with Crippen LogP contribution in [0.1, 0.15) is 15.9 Å². The molecular weight excluding hydrogens is 430 g/mol. The van der Waals surface area contributed by atoms with Gasteiger partial charge < -0.3 is 10.2 Å². The number of hydrogen-bond acceptors (Lipinski definition) is 6. The van der Waals surface area contributed by atoms with E-state index in [-0.39, 0.29) is 33.2 Å². The molecule has 0 saturated heterocycles. The minimum atomic E-state index is -3.94. The lowest BCUT2D eigenvalue weighted by Gasteiger charge is -2.11. The number of carbonyl (C=O) groups is 1. The van der Waals surface area contributed by atoms with Crippen molar-refractivity contribution in [1.82, 2.24) is 5.43 Å². The SMILES string of the molecule is O=C(N/N=C/c1ccc(O)cc1O)c1ccccc1NS(=O)(=O)c1ccc(Cl)cc1. The summed E-state index contributed by atoms with van der Waals surface area (Å²) in [4.78, 5) is 12.5. The Bertz CT molecular complexity index is 1210.